The highest BCUT2D eigenvalue weighted by atomic mass is 35.5. The van der Waals surface area contributed by atoms with Crippen LogP contribution in [0, 0.1) is 0 Å². The molecule has 0 aliphatic carbocycles. The molecule has 1 atom stereocenters. The molecule has 1 N–H and O–H groups in total. The van der Waals surface area contributed by atoms with Crippen LogP contribution in [0.4, 0.5) is 0 Å². The van der Waals surface area contributed by atoms with Crippen LogP contribution in [0.3, 0.4) is 0 Å². The second-order valence-electron chi connectivity index (χ2n) is 7.55. The van der Waals surface area contributed by atoms with Crippen LogP contribution in [0.5, 0.6) is 0 Å². The molecule has 0 aliphatic heterocycles. The van der Waals surface area contributed by atoms with E-state index >= 15 is 0 Å². The van der Waals surface area contributed by atoms with E-state index in [0.717, 1.165) is 16.7 Å². The molecule has 0 unspecified atom stereocenters. The quantitative estimate of drug-likeness (QED) is 0.454. The lowest BCUT2D eigenvalue weighted by Gasteiger charge is -2.31. The topological polar surface area (TPSA) is 49.4 Å². The Morgan fingerprint density at radius 1 is 0.875 bits per heavy atom. The Bertz CT molecular complexity index is 1020. The molecule has 0 saturated carbocycles. The monoisotopic (exact) mass is 446 g/mol. The first-order valence-electron chi connectivity index (χ1n) is 10.6. The fourth-order valence-electron chi connectivity index (χ4n) is 3.50. The van der Waals surface area contributed by atoms with Crippen molar-refractivity contribution in [3.63, 3.8) is 0 Å². The summed E-state index contributed by atoms with van der Waals surface area (Å²) in [5.41, 5.74) is 2.80. The van der Waals surface area contributed by atoms with Crippen molar-refractivity contribution in [2.24, 2.45) is 0 Å². The highest BCUT2D eigenvalue weighted by molar-refractivity contribution is 6.30. The molecule has 32 heavy (non-hydrogen) atoms. The van der Waals surface area contributed by atoms with Crippen LogP contribution in [0.15, 0.2) is 97.6 Å². The molecular weight excluding hydrogens is 420 g/mol. The van der Waals surface area contributed by atoms with Crippen molar-refractivity contribution >= 4 is 23.4 Å². The molecule has 0 bridgehead atoms. The van der Waals surface area contributed by atoms with Gasteiger partial charge in [0.15, 0.2) is 0 Å². The number of hydrogen-bond acceptors (Lipinski definition) is 2. The van der Waals surface area contributed by atoms with Crippen molar-refractivity contribution in [1.29, 1.82) is 0 Å². The maximum Gasteiger partial charge on any atom is 0.243 e. The van der Waals surface area contributed by atoms with Gasteiger partial charge in [-0.1, -0.05) is 90.5 Å². The molecule has 0 spiro atoms. The summed E-state index contributed by atoms with van der Waals surface area (Å²) >= 11 is 5.99. The van der Waals surface area contributed by atoms with Crippen LogP contribution >= 0.6 is 11.6 Å². The van der Waals surface area contributed by atoms with Gasteiger partial charge in [-0.3, -0.25) is 9.59 Å². The van der Waals surface area contributed by atoms with Crippen LogP contribution in [0.1, 0.15) is 16.7 Å². The lowest BCUT2D eigenvalue weighted by molar-refractivity contribution is -0.140. The van der Waals surface area contributed by atoms with Crippen molar-refractivity contribution in [2.45, 2.75) is 25.4 Å². The third-order valence-electron chi connectivity index (χ3n) is 5.16. The number of nitrogens with zero attached hydrogens (tertiary/aromatic N) is 1. The van der Waals surface area contributed by atoms with Gasteiger partial charge in [-0.25, -0.2) is 0 Å². The van der Waals surface area contributed by atoms with Gasteiger partial charge < -0.3 is 10.2 Å². The predicted octanol–water partition coefficient (Wildman–Crippen LogP) is 4.82. The molecule has 0 fully saturated rings. The number of carbonyl (C=O) groups excluding carboxylic acids is 2. The van der Waals surface area contributed by atoms with E-state index in [4.69, 9.17) is 11.6 Å². The summed E-state index contributed by atoms with van der Waals surface area (Å²) in [5, 5.41) is 3.50. The number of halogens is 1. The van der Waals surface area contributed by atoms with E-state index in [-0.39, 0.29) is 18.2 Å². The molecule has 164 valence electrons. The first-order chi connectivity index (χ1) is 15.6. The molecule has 3 aromatic rings. The summed E-state index contributed by atoms with van der Waals surface area (Å²) < 4.78 is 0. The lowest BCUT2D eigenvalue weighted by atomic mass is 10.0. The first kappa shape index (κ1) is 23.3. The number of rotatable bonds is 10. The molecule has 0 aliphatic rings. The second-order valence-corrected chi connectivity index (χ2v) is 7.99. The average molecular weight is 447 g/mol. The van der Waals surface area contributed by atoms with Crippen LogP contribution in [-0.2, 0) is 29.0 Å². The van der Waals surface area contributed by atoms with Crippen LogP contribution in [-0.4, -0.2) is 29.3 Å². The normalized spacial score (nSPS) is 11.4. The SMILES string of the molecule is C=CCNC(=O)[C@H](Cc1ccccc1)N(Cc1ccccc1)C(=O)Cc1ccc(Cl)cc1. The summed E-state index contributed by atoms with van der Waals surface area (Å²) in [4.78, 5) is 28.4. The molecule has 5 heteroatoms. The Morgan fingerprint density at radius 2 is 1.47 bits per heavy atom. The minimum atomic E-state index is -0.655. The number of amides is 2. The van der Waals surface area contributed by atoms with Gasteiger partial charge in [0.05, 0.1) is 6.42 Å². The molecule has 0 saturated heterocycles. The van der Waals surface area contributed by atoms with Gasteiger partial charge >= 0.3 is 0 Å². The van der Waals surface area contributed by atoms with E-state index in [1.54, 1.807) is 23.1 Å². The molecule has 0 aromatic heterocycles. The maximum atomic E-state index is 13.5. The van der Waals surface area contributed by atoms with Gasteiger partial charge in [-0.05, 0) is 28.8 Å². The highest BCUT2D eigenvalue weighted by Gasteiger charge is 2.30. The van der Waals surface area contributed by atoms with E-state index in [0.29, 0.717) is 24.5 Å². The van der Waals surface area contributed by atoms with E-state index in [9.17, 15) is 9.59 Å². The largest absolute Gasteiger partial charge is 0.351 e. The number of benzene rings is 3. The third-order valence-corrected chi connectivity index (χ3v) is 5.41. The third kappa shape index (κ3) is 6.82. The molecule has 3 aromatic carbocycles. The standard InChI is InChI=1S/C27H27ClN2O2/c1-2-17-29-27(32)25(18-21-9-5-3-6-10-21)30(20-23-11-7-4-8-12-23)26(31)19-22-13-15-24(28)16-14-22/h2-16,25H,1,17-20H2,(H,29,32)/t25-/m0/s1. The van der Waals surface area contributed by atoms with Crippen molar-refractivity contribution in [2.75, 3.05) is 6.54 Å². The highest BCUT2D eigenvalue weighted by Crippen LogP contribution is 2.17. The van der Waals surface area contributed by atoms with Crippen LogP contribution in [0.25, 0.3) is 0 Å². The summed E-state index contributed by atoms with van der Waals surface area (Å²) in [6.07, 6.45) is 2.24. The summed E-state index contributed by atoms with van der Waals surface area (Å²) in [5.74, 6) is -0.319. The zero-order chi connectivity index (χ0) is 22.8. The Hall–Kier alpha value is -3.37. The van der Waals surface area contributed by atoms with Gasteiger partial charge in [-0.2, -0.15) is 0 Å². The molecular formula is C27H27ClN2O2. The minimum Gasteiger partial charge on any atom is -0.351 e. The molecule has 3 rings (SSSR count). The first-order valence-corrected chi connectivity index (χ1v) is 10.9. The zero-order valence-corrected chi connectivity index (χ0v) is 18.7. The fraction of sp³-hybridized carbons (Fsp3) is 0.185. The minimum absolute atomic E-state index is 0.120. The van der Waals surface area contributed by atoms with Crippen LogP contribution < -0.4 is 5.32 Å². The lowest BCUT2D eigenvalue weighted by Crippen LogP contribution is -2.51. The Labute approximate surface area is 194 Å². The Morgan fingerprint density at radius 3 is 2.06 bits per heavy atom. The fourth-order valence-corrected chi connectivity index (χ4v) is 3.63. The Balaban J connectivity index is 1.92. The summed E-state index contributed by atoms with van der Waals surface area (Å²) in [6, 6.07) is 26.0. The van der Waals surface area contributed by atoms with Gasteiger partial charge in [0.1, 0.15) is 6.04 Å². The molecule has 0 heterocycles. The van der Waals surface area contributed by atoms with Crippen molar-refractivity contribution in [1.82, 2.24) is 10.2 Å². The average Bonchev–Trinajstić information content (AvgIpc) is 2.82. The maximum absolute atomic E-state index is 13.5. The van der Waals surface area contributed by atoms with Gasteiger partial charge in [0, 0.05) is 24.5 Å². The smallest absolute Gasteiger partial charge is 0.243 e. The van der Waals surface area contributed by atoms with Gasteiger partial charge in [0.2, 0.25) is 11.8 Å². The molecule has 0 radical (unpaired) electrons. The second kappa shape index (κ2) is 11.9. The van der Waals surface area contributed by atoms with Crippen molar-refractivity contribution in [3.05, 3.63) is 119 Å². The summed E-state index contributed by atoms with van der Waals surface area (Å²) in [6.45, 7) is 4.36. The van der Waals surface area contributed by atoms with Gasteiger partial charge in [-0.15, -0.1) is 6.58 Å². The van der Waals surface area contributed by atoms with Gasteiger partial charge in [0.25, 0.3) is 0 Å². The Kier molecular flexibility index (Phi) is 8.64. The molecule has 4 nitrogen and oxygen atoms in total. The zero-order valence-electron chi connectivity index (χ0n) is 17.9. The van der Waals surface area contributed by atoms with E-state index in [2.05, 4.69) is 11.9 Å². The molecule has 2 amide bonds. The number of nitrogens with one attached hydrogen (secondary N) is 1. The predicted molar refractivity (Wildman–Crippen MR) is 129 cm³/mol. The number of hydrogen-bond donors (Lipinski definition) is 1. The van der Waals surface area contributed by atoms with E-state index in [1.165, 1.54) is 0 Å². The van der Waals surface area contributed by atoms with Crippen LogP contribution in [0.2, 0.25) is 5.02 Å². The van der Waals surface area contributed by atoms with Crippen molar-refractivity contribution < 1.29 is 9.59 Å². The number of carbonyl (C=O) groups is 2. The van der Waals surface area contributed by atoms with Crippen molar-refractivity contribution in [3.8, 4) is 0 Å². The summed E-state index contributed by atoms with van der Waals surface area (Å²) in [7, 11) is 0. The van der Waals surface area contributed by atoms with E-state index < -0.39 is 6.04 Å². The van der Waals surface area contributed by atoms with E-state index in [1.807, 2.05) is 72.8 Å².